The van der Waals surface area contributed by atoms with Gasteiger partial charge in [0.05, 0.1) is 5.69 Å². The van der Waals surface area contributed by atoms with Crippen LogP contribution in [0.1, 0.15) is 12.6 Å². The van der Waals surface area contributed by atoms with E-state index in [1.807, 2.05) is 30.2 Å². The summed E-state index contributed by atoms with van der Waals surface area (Å²) in [7, 11) is 0. The smallest absolute Gasteiger partial charge is 0.161 e. The summed E-state index contributed by atoms with van der Waals surface area (Å²) in [4.78, 5) is 15.6. The van der Waals surface area contributed by atoms with Crippen LogP contribution in [0.25, 0.3) is 0 Å². The van der Waals surface area contributed by atoms with Crippen molar-refractivity contribution in [1.82, 2.24) is 34.8 Å². The van der Waals surface area contributed by atoms with Crippen molar-refractivity contribution in [2.75, 3.05) is 5.32 Å². The van der Waals surface area contributed by atoms with Gasteiger partial charge in [-0.1, -0.05) is 17.3 Å². The first-order chi connectivity index (χ1) is 14.8. The minimum absolute atomic E-state index is 0.0117. The maximum absolute atomic E-state index is 11.9. The zero-order chi connectivity index (χ0) is 23.0. The molecule has 3 heterocycles. The molecule has 0 saturated heterocycles. The molecule has 0 aliphatic rings. The van der Waals surface area contributed by atoms with Gasteiger partial charge in [0.2, 0.25) is 5.91 Å². The predicted octanol–water partition coefficient (Wildman–Crippen LogP) is 2.60. The molecule has 14 heteroatoms. The molecular formula is C17H19F3N8O2Se. The van der Waals surface area contributed by atoms with Crippen LogP contribution in [0.3, 0.4) is 0 Å². The maximum Gasteiger partial charge on any atom is 0.161 e. The average Bonchev–Trinajstić information content (AvgIpc) is 3.49. The van der Waals surface area contributed by atoms with Crippen LogP contribution < -0.4 is 10.1 Å². The molecule has 0 aliphatic carbocycles. The number of tetrazole rings is 1. The van der Waals surface area contributed by atoms with Crippen LogP contribution in [0.15, 0.2) is 60.1 Å². The molecule has 0 saturated carbocycles. The molecule has 1 amide bonds. The zero-order valence-corrected chi connectivity index (χ0v) is 18.1. The summed E-state index contributed by atoms with van der Waals surface area (Å²) in [6, 6.07) is 9.33. The Hall–Kier alpha value is -3.51. The van der Waals surface area contributed by atoms with Crippen LogP contribution >= 0.6 is 0 Å². The number of carbonyl (C=O) groups is 1. The van der Waals surface area contributed by atoms with Crippen molar-refractivity contribution < 1.29 is 22.7 Å². The summed E-state index contributed by atoms with van der Waals surface area (Å²) in [6.07, 6.45) is 0.198. The van der Waals surface area contributed by atoms with Gasteiger partial charge in [-0.3, -0.25) is 4.79 Å². The number of aryl methyl sites for hydroxylation is 1. The average molecular weight is 503 g/mol. The SMILES string of the molecule is CC(=O)Nc1ccccc1OC(F)(F)F.Cc1ccc[nH]1.c1c[se]nn1.c1nn[nH]n1. The second kappa shape index (κ2) is 14.5. The van der Waals surface area contributed by atoms with Crippen LogP contribution in [0.5, 0.6) is 5.75 Å². The Morgan fingerprint density at radius 2 is 1.94 bits per heavy atom. The number of para-hydroxylation sites is 2. The first-order valence-corrected chi connectivity index (χ1v) is 10.1. The number of alkyl halides is 3. The number of aromatic nitrogens is 7. The molecule has 0 spiro atoms. The van der Waals surface area contributed by atoms with Crippen molar-refractivity contribution in [2.45, 2.75) is 20.2 Å². The maximum atomic E-state index is 11.9. The van der Waals surface area contributed by atoms with Gasteiger partial charge in [0.15, 0.2) is 12.1 Å². The van der Waals surface area contributed by atoms with Gasteiger partial charge < -0.3 is 15.0 Å². The van der Waals surface area contributed by atoms with E-state index in [0.29, 0.717) is 14.7 Å². The number of carbonyl (C=O) groups excluding carboxylic acids is 1. The van der Waals surface area contributed by atoms with E-state index in [4.69, 9.17) is 0 Å². The summed E-state index contributed by atoms with van der Waals surface area (Å²) in [5, 5.41) is 18.0. The number of halogens is 3. The Kier molecular flexibility index (Phi) is 11.9. The van der Waals surface area contributed by atoms with Crippen molar-refractivity contribution in [3.8, 4) is 5.75 Å². The van der Waals surface area contributed by atoms with Crippen molar-refractivity contribution in [3.63, 3.8) is 0 Å². The molecular weight excluding hydrogens is 484 g/mol. The topological polar surface area (TPSA) is 134 Å². The number of benzene rings is 1. The molecule has 0 unspecified atom stereocenters. The first-order valence-electron chi connectivity index (χ1n) is 8.37. The van der Waals surface area contributed by atoms with E-state index >= 15 is 0 Å². The van der Waals surface area contributed by atoms with E-state index in [1.165, 1.54) is 37.1 Å². The van der Waals surface area contributed by atoms with Crippen molar-refractivity contribution in [3.05, 3.63) is 65.8 Å². The van der Waals surface area contributed by atoms with E-state index in [9.17, 15) is 18.0 Å². The van der Waals surface area contributed by atoms with E-state index in [2.05, 4.69) is 44.9 Å². The second-order valence-electron chi connectivity index (χ2n) is 5.23. The van der Waals surface area contributed by atoms with Crippen LogP contribution in [0.2, 0.25) is 0 Å². The zero-order valence-electron chi connectivity index (χ0n) is 16.4. The number of amides is 1. The summed E-state index contributed by atoms with van der Waals surface area (Å²) < 4.78 is 43.2. The molecule has 0 atom stereocenters. The van der Waals surface area contributed by atoms with Crippen molar-refractivity contribution in [2.24, 2.45) is 0 Å². The van der Waals surface area contributed by atoms with Crippen LogP contribution in [0, 0.1) is 6.92 Å². The number of rotatable bonds is 2. The van der Waals surface area contributed by atoms with Gasteiger partial charge in [0.1, 0.15) is 0 Å². The Labute approximate surface area is 181 Å². The molecule has 3 N–H and O–H groups in total. The second-order valence-corrected chi connectivity index (χ2v) is 6.58. The monoisotopic (exact) mass is 504 g/mol. The minimum Gasteiger partial charge on any atom is -0.177 e. The number of aromatic amines is 2. The summed E-state index contributed by atoms with van der Waals surface area (Å²) in [5.41, 5.74) is 1.21. The fraction of sp³-hybridized carbons (Fsp3) is 0.176. The number of anilines is 1. The standard InChI is InChI=1S/C9H8F3NO2.C5H7N.C2H2N2Se.CH2N4/c1-6(14)13-7-4-2-3-5-8(7)15-9(10,11)12;1-5-3-2-4-6-5;1-2-5-4-3-1;1-2-4-5-3-1/h2-5H,1H3,(H,13,14);2-4,6H,1H3;1-2H;1H,(H,2,3,4,5). The van der Waals surface area contributed by atoms with Crippen molar-refractivity contribution in [1.29, 1.82) is 0 Å². The van der Waals surface area contributed by atoms with Gasteiger partial charge in [-0.25, -0.2) is 0 Å². The van der Waals surface area contributed by atoms with E-state index in [-0.39, 0.29) is 5.69 Å². The number of hydrogen-bond acceptors (Lipinski definition) is 7. The first kappa shape index (κ1) is 25.5. The van der Waals surface area contributed by atoms with E-state index < -0.39 is 18.0 Å². The van der Waals surface area contributed by atoms with Crippen LogP contribution in [0.4, 0.5) is 18.9 Å². The fourth-order valence-electron chi connectivity index (χ4n) is 1.66. The summed E-state index contributed by atoms with van der Waals surface area (Å²) in [5.74, 6) is -0.895. The van der Waals surface area contributed by atoms with E-state index in [1.54, 1.807) is 6.20 Å². The Bertz CT molecular complexity index is 872. The molecule has 166 valence electrons. The van der Waals surface area contributed by atoms with Crippen LogP contribution in [-0.2, 0) is 4.79 Å². The van der Waals surface area contributed by atoms with Crippen molar-refractivity contribution >= 4 is 26.3 Å². The normalized spacial score (nSPS) is 9.58. The molecule has 0 aliphatic heterocycles. The van der Waals surface area contributed by atoms with Gasteiger partial charge in [-0.15, -0.1) is 23.4 Å². The Morgan fingerprint density at radius 1 is 1.16 bits per heavy atom. The third-order valence-electron chi connectivity index (χ3n) is 2.73. The Morgan fingerprint density at radius 3 is 2.29 bits per heavy atom. The molecule has 0 radical (unpaired) electrons. The molecule has 1 aromatic carbocycles. The summed E-state index contributed by atoms with van der Waals surface area (Å²) >= 11 is 0.347. The van der Waals surface area contributed by atoms with Gasteiger partial charge in [0, 0.05) is 18.8 Å². The third kappa shape index (κ3) is 14.2. The molecule has 10 nitrogen and oxygen atoms in total. The van der Waals surface area contributed by atoms with Gasteiger partial charge in [-0.05, 0) is 31.2 Å². The quantitative estimate of drug-likeness (QED) is 0.358. The number of hydrogen-bond donors (Lipinski definition) is 3. The van der Waals surface area contributed by atoms with Gasteiger partial charge in [-0.2, -0.15) is 5.21 Å². The molecule has 4 rings (SSSR count). The molecule has 0 fully saturated rings. The number of ether oxygens (including phenoxy) is 1. The van der Waals surface area contributed by atoms with E-state index in [0.717, 1.165) is 6.07 Å². The van der Waals surface area contributed by atoms with Gasteiger partial charge >= 0.3 is 41.4 Å². The molecule has 31 heavy (non-hydrogen) atoms. The summed E-state index contributed by atoms with van der Waals surface area (Å²) in [6.45, 7) is 3.23. The predicted molar refractivity (Wildman–Crippen MR) is 106 cm³/mol. The minimum atomic E-state index is -4.77. The molecule has 3 aromatic heterocycles. The number of nitrogens with one attached hydrogen (secondary N) is 3. The number of H-pyrrole nitrogens is 2. The fourth-order valence-corrected chi connectivity index (χ4v) is 2.23. The third-order valence-corrected chi connectivity index (χ3v) is 3.64. The Balaban J connectivity index is 0.000000242. The van der Waals surface area contributed by atoms with Crippen LogP contribution in [-0.4, -0.2) is 61.8 Å². The molecule has 4 aromatic rings. The van der Waals surface area contributed by atoms with Gasteiger partial charge in [0.25, 0.3) is 0 Å². The largest absolute Gasteiger partial charge is 0.177 e. The molecule has 0 bridgehead atoms. The number of nitrogens with zero attached hydrogens (tertiary/aromatic N) is 5.